The summed E-state index contributed by atoms with van der Waals surface area (Å²) in [6.07, 6.45) is 2.23. The monoisotopic (exact) mass is 370 g/mol. The van der Waals surface area contributed by atoms with Gasteiger partial charge in [-0.3, -0.25) is 4.90 Å². The Morgan fingerprint density at radius 1 is 1.27 bits per heavy atom. The first kappa shape index (κ1) is 21.0. The van der Waals surface area contributed by atoms with Gasteiger partial charge in [-0.1, -0.05) is 6.92 Å². The Labute approximate surface area is 156 Å². The van der Waals surface area contributed by atoms with Crippen molar-refractivity contribution >= 4 is 12.1 Å². The SMILES string of the molecule is CCOC(=O)[C@H]1[C@H](NCC2(C)CCOCC2)CCN1C(=O)OC(C)(C)C. The van der Waals surface area contributed by atoms with Gasteiger partial charge in [-0.05, 0) is 52.4 Å². The molecule has 2 heterocycles. The third kappa shape index (κ3) is 5.58. The highest BCUT2D eigenvalue weighted by Gasteiger charge is 2.45. The zero-order valence-electron chi connectivity index (χ0n) is 16.8. The molecule has 2 atom stereocenters. The minimum atomic E-state index is -0.645. The van der Waals surface area contributed by atoms with E-state index in [4.69, 9.17) is 14.2 Å². The second-order valence-electron chi connectivity index (χ2n) is 8.57. The van der Waals surface area contributed by atoms with E-state index in [9.17, 15) is 9.59 Å². The van der Waals surface area contributed by atoms with Crippen LogP contribution in [0.3, 0.4) is 0 Å². The number of carbonyl (C=O) groups is 2. The van der Waals surface area contributed by atoms with Crippen LogP contribution in [-0.4, -0.2) is 67.6 Å². The molecule has 0 aromatic heterocycles. The number of esters is 1. The van der Waals surface area contributed by atoms with E-state index in [2.05, 4.69) is 12.2 Å². The topological polar surface area (TPSA) is 77.1 Å². The van der Waals surface area contributed by atoms with Crippen molar-refractivity contribution < 1.29 is 23.8 Å². The van der Waals surface area contributed by atoms with Gasteiger partial charge >= 0.3 is 12.1 Å². The second-order valence-corrected chi connectivity index (χ2v) is 8.57. The molecule has 150 valence electrons. The number of nitrogens with zero attached hydrogens (tertiary/aromatic N) is 1. The highest BCUT2D eigenvalue weighted by molar-refractivity contribution is 5.83. The van der Waals surface area contributed by atoms with Crippen molar-refractivity contribution in [3.63, 3.8) is 0 Å². The lowest BCUT2D eigenvalue weighted by Gasteiger charge is -2.36. The summed E-state index contributed by atoms with van der Waals surface area (Å²) in [5, 5.41) is 3.52. The van der Waals surface area contributed by atoms with Crippen LogP contribution in [-0.2, 0) is 19.0 Å². The van der Waals surface area contributed by atoms with E-state index in [1.54, 1.807) is 6.92 Å². The molecular weight excluding hydrogens is 336 g/mol. The van der Waals surface area contributed by atoms with Crippen LogP contribution in [0.4, 0.5) is 4.79 Å². The van der Waals surface area contributed by atoms with E-state index in [1.807, 2.05) is 20.8 Å². The van der Waals surface area contributed by atoms with Crippen LogP contribution >= 0.6 is 0 Å². The van der Waals surface area contributed by atoms with Crippen molar-refractivity contribution in [2.75, 3.05) is 32.9 Å². The molecule has 2 saturated heterocycles. The van der Waals surface area contributed by atoms with Gasteiger partial charge in [0.15, 0.2) is 0 Å². The lowest BCUT2D eigenvalue weighted by molar-refractivity contribution is -0.149. The minimum absolute atomic E-state index is 0.124. The molecule has 2 aliphatic heterocycles. The maximum absolute atomic E-state index is 12.5. The third-order valence-electron chi connectivity index (χ3n) is 5.04. The van der Waals surface area contributed by atoms with Gasteiger partial charge in [0, 0.05) is 32.3 Å². The van der Waals surface area contributed by atoms with E-state index < -0.39 is 17.7 Å². The summed E-state index contributed by atoms with van der Waals surface area (Å²) in [5.74, 6) is -0.370. The third-order valence-corrected chi connectivity index (χ3v) is 5.04. The summed E-state index contributed by atoms with van der Waals surface area (Å²) in [6, 6.07) is -0.769. The molecule has 0 aromatic carbocycles. The summed E-state index contributed by atoms with van der Waals surface area (Å²) >= 11 is 0. The van der Waals surface area contributed by atoms with Crippen LogP contribution < -0.4 is 5.32 Å². The van der Waals surface area contributed by atoms with Crippen molar-refractivity contribution in [1.29, 1.82) is 0 Å². The fourth-order valence-electron chi connectivity index (χ4n) is 3.47. The van der Waals surface area contributed by atoms with Crippen LogP contribution in [0.2, 0.25) is 0 Å². The normalized spacial score (nSPS) is 25.8. The first-order valence-corrected chi connectivity index (χ1v) is 9.62. The van der Waals surface area contributed by atoms with E-state index >= 15 is 0 Å². The van der Waals surface area contributed by atoms with Gasteiger partial charge in [-0.25, -0.2) is 9.59 Å². The van der Waals surface area contributed by atoms with Crippen LogP contribution in [0, 0.1) is 5.41 Å². The number of amides is 1. The average molecular weight is 370 g/mol. The van der Waals surface area contributed by atoms with Gasteiger partial charge in [0.2, 0.25) is 0 Å². The molecule has 0 radical (unpaired) electrons. The molecule has 0 unspecified atom stereocenters. The predicted octanol–water partition coefficient (Wildman–Crippen LogP) is 2.33. The molecule has 1 amide bonds. The Morgan fingerprint density at radius 2 is 1.92 bits per heavy atom. The molecule has 26 heavy (non-hydrogen) atoms. The number of hydrogen-bond acceptors (Lipinski definition) is 6. The lowest BCUT2D eigenvalue weighted by atomic mass is 9.82. The molecule has 7 heteroatoms. The Bertz CT molecular complexity index is 497. The number of hydrogen-bond donors (Lipinski definition) is 1. The quantitative estimate of drug-likeness (QED) is 0.749. The smallest absolute Gasteiger partial charge is 0.411 e. The number of carbonyl (C=O) groups excluding carboxylic acids is 2. The Morgan fingerprint density at radius 3 is 2.50 bits per heavy atom. The molecule has 0 spiro atoms. The number of ether oxygens (including phenoxy) is 3. The molecule has 0 aliphatic carbocycles. The minimum Gasteiger partial charge on any atom is -0.464 e. The average Bonchev–Trinajstić information content (AvgIpc) is 2.96. The first-order chi connectivity index (χ1) is 12.2. The van der Waals surface area contributed by atoms with Gasteiger partial charge in [0.1, 0.15) is 11.6 Å². The Hall–Kier alpha value is -1.34. The molecule has 0 saturated carbocycles. The van der Waals surface area contributed by atoms with Crippen LogP contribution in [0.25, 0.3) is 0 Å². The summed E-state index contributed by atoms with van der Waals surface area (Å²) in [6.45, 7) is 12.6. The van der Waals surface area contributed by atoms with Crippen molar-refractivity contribution in [3.05, 3.63) is 0 Å². The maximum Gasteiger partial charge on any atom is 0.411 e. The highest BCUT2D eigenvalue weighted by atomic mass is 16.6. The zero-order chi connectivity index (χ0) is 19.4. The first-order valence-electron chi connectivity index (χ1n) is 9.62. The molecule has 0 bridgehead atoms. The van der Waals surface area contributed by atoms with Gasteiger partial charge < -0.3 is 19.5 Å². The molecule has 0 aromatic rings. The van der Waals surface area contributed by atoms with Crippen molar-refractivity contribution in [2.24, 2.45) is 5.41 Å². The Balaban J connectivity index is 2.05. The molecule has 1 N–H and O–H groups in total. The fraction of sp³-hybridized carbons (Fsp3) is 0.895. The van der Waals surface area contributed by atoms with E-state index in [-0.39, 0.29) is 17.4 Å². The van der Waals surface area contributed by atoms with Gasteiger partial charge in [0.25, 0.3) is 0 Å². The molecule has 2 aliphatic rings. The lowest BCUT2D eigenvalue weighted by Crippen LogP contribution is -2.53. The van der Waals surface area contributed by atoms with Crippen LogP contribution in [0.1, 0.15) is 53.9 Å². The largest absolute Gasteiger partial charge is 0.464 e. The summed E-state index contributed by atoms with van der Waals surface area (Å²) < 4.78 is 16.2. The summed E-state index contributed by atoms with van der Waals surface area (Å²) in [5.41, 5.74) is -0.450. The molecule has 7 nitrogen and oxygen atoms in total. The fourth-order valence-corrected chi connectivity index (χ4v) is 3.47. The Kier molecular flexibility index (Phi) is 6.91. The summed E-state index contributed by atoms with van der Waals surface area (Å²) in [7, 11) is 0. The predicted molar refractivity (Wildman–Crippen MR) is 97.9 cm³/mol. The zero-order valence-corrected chi connectivity index (χ0v) is 16.8. The van der Waals surface area contributed by atoms with Crippen molar-refractivity contribution in [3.8, 4) is 0 Å². The molecular formula is C19H34N2O5. The van der Waals surface area contributed by atoms with Crippen molar-refractivity contribution in [2.45, 2.75) is 71.6 Å². The van der Waals surface area contributed by atoms with E-state index in [0.717, 1.165) is 32.6 Å². The highest BCUT2D eigenvalue weighted by Crippen LogP contribution is 2.30. The second kappa shape index (κ2) is 8.57. The standard InChI is InChI=1S/C19H34N2O5/c1-6-25-16(22)15-14(20-13-19(5)8-11-24-12-9-19)7-10-21(15)17(23)26-18(2,3)4/h14-15,20H,6-13H2,1-5H3/t14-,15-/m1/s1. The van der Waals surface area contributed by atoms with Crippen LogP contribution in [0.15, 0.2) is 0 Å². The van der Waals surface area contributed by atoms with Crippen molar-refractivity contribution in [1.82, 2.24) is 10.2 Å². The van der Waals surface area contributed by atoms with Gasteiger partial charge in [-0.15, -0.1) is 0 Å². The number of nitrogens with one attached hydrogen (secondary N) is 1. The van der Waals surface area contributed by atoms with E-state index in [1.165, 1.54) is 4.90 Å². The van der Waals surface area contributed by atoms with Gasteiger partial charge in [-0.2, -0.15) is 0 Å². The maximum atomic E-state index is 12.5. The van der Waals surface area contributed by atoms with E-state index in [0.29, 0.717) is 19.6 Å². The summed E-state index contributed by atoms with van der Waals surface area (Å²) in [4.78, 5) is 26.6. The van der Waals surface area contributed by atoms with Crippen LogP contribution in [0.5, 0.6) is 0 Å². The molecule has 2 fully saturated rings. The van der Waals surface area contributed by atoms with Gasteiger partial charge in [0.05, 0.1) is 6.61 Å². The number of likely N-dealkylation sites (tertiary alicyclic amines) is 1. The number of rotatable bonds is 5. The molecule has 2 rings (SSSR count).